The SMILES string of the molecule is O=Cc1cc(C=O)cc(OC2CCCCC2)c1. The zero-order chi connectivity index (χ0) is 12.1. The standard InChI is InChI=1S/C14H16O3/c15-9-11-6-12(10-16)8-14(7-11)17-13-4-2-1-3-5-13/h6-10,13H,1-5H2. The molecular formula is C14H16O3. The van der Waals surface area contributed by atoms with Crippen LogP contribution in [0.2, 0.25) is 0 Å². The fraction of sp³-hybridized carbons (Fsp3) is 0.429. The summed E-state index contributed by atoms with van der Waals surface area (Å²) in [5, 5.41) is 0. The van der Waals surface area contributed by atoms with Crippen molar-refractivity contribution in [1.29, 1.82) is 0 Å². The topological polar surface area (TPSA) is 43.4 Å². The Balaban J connectivity index is 2.13. The van der Waals surface area contributed by atoms with E-state index in [9.17, 15) is 9.59 Å². The molecule has 0 spiro atoms. The second kappa shape index (κ2) is 5.62. The highest BCUT2D eigenvalue weighted by Crippen LogP contribution is 2.24. The van der Waals surface area contributed by atoms with E-state index in [0.29, 0.717) is 16.9 Å². The van der Waals surface area contributed by atoms with Crippen LogP contribution in [0.4, 0.5) is 0 Å². The Morgan fingerprint density at radius 1 is 0.941 bits per heavy atom. The van der Waals surface area contributed by atoms with Gasteiger partial charge in [-0.05, 0) is 43.9 Å². The number of hydrogen-bond donors (Lipinski definition) is 0. The highest BCUT2D eigenvalue weighted by Gasteiger charge is 2.15. The summed E-state index contributed by atoms with van der Waals surface area (Å²) in [5.41, 5.74) is 0.973. The number of ether oxygens (including phenoxy) is 1. The quantitative estimate of drug-likeness (QED) is 0.749. The van der Waals surface area contributed by atoms with Crippen molar-refractivity contribution in [3.63, 3.8) is 0 Å². The van der Waals surface area contributed by atoms with Gasteiger partial charge < -0.3 is 4.74 Å². The van der Waals surface area contributed by atoms with Gasteiger partial charge in [-0.3, -0.25) is 9.59 Å². The number of carbonyl (C=O) groups is 2. The van der Waals surface area contributed by atoms with Gasteiger partial charge in [0.2, 0.25) is 0 Å². The van der Waals surface area contributed by atoms with Gasteiger partial charge in [0.25, 0.3) is 0 Å². The summed E-state index contributed by atoms with van der Waals surface area (Å²) in [5.74, 6) is 0.628. The number of benzene rings is 1. The molecule has 0 unspecified atom stereocenters. The van der Waals surface area contributed by atoms with Crippen LogP contribution in [0.3, 0.4) is 0 Å². The molecule has 0 N–H and O–H groups in total. The van der Waals surface area contributed by atoms with Crippen LogP contribution in [0.1, 0.15) is 52.8 Å². The van der Waals surface area contributed by atoms with Crippen LogP contribution in [0.5, 0.6) is 5.75 Å². The van der Waals surface area contributed by atoms with Gasteiger partial charge in [0.15, 0.2) is 0 Å². The summed E-state index contributed by atoms with van der Waals surface area (Å²) < 4.78 is 5.82. The minimum Gasteiger partial charge on any atom is -0.490 e. The van der Waals surface area contributed by atoms with Crippen LogP contribution >= 0.6 is 0 Å². The minimum absolute atomic E-state index is 0.227. The maximum Gasteiger partial charge on any atom is 0.150 e. The van der Waals surface area contributed by atoms with Crippen molar-refractivity contribution in [3.8, 4) is 5.75 Å². The maximum atomic E-state index is 10.7. The van der Waals surface area contributed by atoms with E-state index in [4.69, 9.17) is 4.74 Å². The van der Waals surface area contributed by atoms with Gasteiger partial charge in [0.05, 0.1) is 6.10 Å². The molecule has 0 aliphatic heterocycles. The van der Waals surface area contributed by atoms with Crippen molar-refractivity contribution in [1.82, 2.24) is 0 Å². The van der Waals surface area contributed by atoms with E-state index in [2.05, 4.69) is 0 Å². The van der Waals surface area contributed by atoms with Crippen molar-refractivity contribution in [3.05, 3.63) is 29.3 Å². The monoisotopic (exact) mass is 232 g/mol. The van der Waals surface area contributed by atoms with E-state index in [1.165, 1.54) is 19.3 Å². The summed E-state index contributed by atoms with van der Waals surface area (Å²) in [7, 11) is 0. The number of carbonyl (C=O) groups excluding carboxylic acids is 2. The molecule has 90 valence electrons. The van der Waals surface area contributed by atoms with Gasteiger partial charge in [-0.25, -0.2) is 0 Å². The first-order chi connectivity index (χ1) is 8.31. The molecule has 2 rings (SSSR count). The van der Waals surface area contributed by atoms with Gasteiger partial charge in [0, 0.05) is 11.1 Å². The first-order valence-electron chi connectivity index (χ1n) is 6.04. The van der Waals surface area contributed by atoms with E-state index in [1.807, 2.05) is 0 Å². The Kier molecular flexibility index (Phi) is 3.91. The maximum absolute atomic E-state index is 10.7. The zero-order valence-corrected chi connectivity index (χ0v) is 9.72. The molecule has 0 aromatic heterocycles. The predicted octanol–water partition coefficient (Wildman–Crippen LogP) is 3.02. The van der Waals surface area contributed by atoms with Crippen LogP contribution in [-0.4, -0.2) is 18.7 Å². The molecule has 0 bridgehead atoms. The number of rotatable bonds is 4. The Bertz CT molecular complexity index is 380. The highest BCUT2D eigenvalue weighted by molar-refractivity contribution is 5.83. The van der Waals surface area contributed by atoms with E-state index in [1.54, 1.807) is 18.2 Å². The summed E-state index contributed by atoms with van der Waals surface area (Å²) in [6, 6.07) is 4.94. The smallest absolute Gasteiger partial charge is 0.150 e. The normalized spacial score (nSPS) is 16.5. The zero-order valence-electron chi connectivity index (χ0n) is 9.72. The Labute approximate surface area is 101 Å². The summed E-state index contributed by atoms with van der Waals surface area (Å²) in [6.45, 7) is 0. The van der Waals surface area contributed by atoms with Crippen molar-refractivity contribution >= 4 is 12.6 Å². The molecule has 1 aromatic rings. The van der Waals surface area contributed by atoms with Crippen LogP contribution < -0.4 is 4.74 Å². The van der Waals surface area contributed by atoms with Crippen LogP contribution in [0.15, 0.2) is 18.2 Å². The highest BCUT2D eigenvalue weighted by atomic mass is 16.5. The third kappa shape index (κ3) is 3.16. The minimum atomic E-state index is 0.227. The van der Waals surface area contributed by atoms with E-state index >= 15 is 0 Å². The van der Waals surface area contributed by atoms with Crippen LogP contribution in [0, 0.1) is 0 Å². The fourth-order valence-electron chi connectivity index (χ4n) is 2.23. The summed E-state index contributed by atoms with van der Waals surface area (Å²) in [6.07, 6.45) is 7.47. The second-order valence-electron chi connectivity index (χ2n) is 4.45. The fourth-order valence-corrected chi connectivity index (χ4v) is 2.23. The molecule has 0 amide bonds. The van der Waals surface area contributed by atoms with Crippen LogP contribution in [-0.2, 0) is 0 Å². The molecular weight excluding hydrogens is 216 g/mol. The summed E-state index contributed by atoms with van der Waals surface area (Å²) >= 11 is 0. The lowest BCUT2D eigenvalue weighted by atomic mass is 9.98. The molecule has 1 aliphatic rings. The molecule has 0 saturated heterocycles. The molecule has 1 aromatic carbocycles. The van der Waals surface area contributed by atoms with E-state index in [0.717, 1.165) is 25.4 Å². The molecule has 0 heterocycles. The Morgan fingerprint density at radius 2 is 1.53 bits per heavy atom. The Hall–Kier alpha value is -1.64. The van der Waals surface area contributed by atoms with Crippen molar-refractivity contribution in [2.45, 2.75) is 38.2 Å². The third-order valence-corrected chi connectivity index (χ3v) is 3.08. The van der Waals surface area contributed by atoms with Gasteiger partial charge in [-0.2, -0.15) is 0 Å². The van der Waals surface area contributed by atoms with Crippen LogP contribution in [0.25, 0.3) is 0 Å². The second-order valence-corrected chi connectivity index (χ2v) is 4.45. The van der Waals surface area contributed by atoms with Crippen molar-refractivity contribution < 1.29 is 14.3 Å². The third-order valence-electron chi connectivity index (χ3n) is 3.08. The average Bonchev–Trinajstić information content (AvgIpc) is 2.39. The predicted molar refractivity (Wildman–Crippen MR) is 64.7 cm³/mol. The number of aldehydes is 2. The van der Waals surface area contributed by atoms with Gasteiger partial charge in [-0.15, -0.1) is 0 Å². The average molecular weight is 232 g/mol. The largest absolute Gasteiger partial charge is 0.490 e. The van der Waals surface area contributed by atoms with Gasteiger partial charge in [0.1, 0.15) is 18.3 Å². The Morgan fingerprint density at radius 3 is 2.06 bits per heavy atom. The van der Waals surface area contributed by atoms with E-state index in [-0.39, 0.29) is 6.10 Å². The molecule has 0 radical (unpaired) electrons. The van der Waals surface area contributed by atoms with Gasteiger partial charge >= 0.3 is 0 Å². The molecule has 1 fully saturated rings. The summed E-state index contributed by atoms with van der Waals surface area (Å²) in [4.78, 5) is 21.5. The van der Waals surface area contributed by atoms with E-state index < -0.39 is 0 Å². The molecule has 1 saturated carbocycles. The van der Waals surface area contributed by atoms with Crippen molar-refractivity contribution in [2.75, 3.05) is 0 Å². The van der Waals surface area contributed by atoms with Gasteiger partial charge in [-0.1, -0.05) is 6.42 Å². The molecule has 3 nitrogen and oxygen atoms in total. The molecule has 17 heavy (non-hydrogen) atoms. The lowest BCUT2D eigenvalue weighted by molar-refractivity contribution is 0.112. The molecule has 1 aliphatic carbocycles. The number of hydrogen-bond acceptors (Lipinski definition) is 3. The molecule has 3 heteroatoms. The lowest BCUT2D eigenvalue weighted by Gasteiger charge is -2.23. The molecule has 0 atom stereocenters. The first kappa shape index (κ1) is 11.8. The lowest BCUT2D eigenvalue weighted by Crippen LogP contribution is -2.19. The first-order valence-corrected chi connectivity index (χ1v) is 6.04. The van der Waals surface area contributed by atoms with Crippen molar-refractivity contribution in [2.24, 2.45) is 0 Å².